The van der Waals surface area contributed by atoms with Crippen LogP contribution in [0.4, 0.5) is 34.1 Å². The smallest absolute Gasteiger partial charge is 0.114 e. The average Bonchev–Trinajstić information content (AvgIpc) is 3.03. The van der Waals surface area contributed by atoms with Crippen molar-refractivity contribution in [3.05, 3.63) is 162 Å². The Morgan fingerprint density at radius 1 is 0.357 bits per heavy atom. The average molecular weight is 541 g/mol. The maximum absolute atomic E-state index is 6.14. The molecule has 0 bridgehead atoms. The van der Waals surface area contributed by atoms with Gasteiger partial charge in [-0.3, -0.25) is 0 Å². The monoisotopic (exact) mass is 540 g/mol. The fraction of sp³-hybridized carbons (Fsp3) is 0.0769. The van der Waals surface area contributed by atoms with Gasteiger partial charge in [0.2, 0.25) is 0 Å². The lowest BCUT2D eigenvalue weighted by atomic mass is 9.91. The number of hydrogen-bond donors (Lipinski definition) is 0. The van der Waals surface area contributed by atoms with E-state index in [9.17, 15) is 0 Å². The molecular formula is C39H33BN2. The molecule has 6 aromatic carbocycles. The van der Waals surface area contributed by atoms with Gasteiger partial charge in [-0.2, -0.15) is 0 Å². The Labute approximate surface area is 250 Å². The molecule has 0 aliphatic rings. The van der Waals surface area contributed by atoms with Crippen molar-refractivity contribution in [3.8, 4) is 11.1 Å². The summed E-state index contributed by atoms with van der Waals surface area (Å²) >= 11 is 0. The van der Waals surface area contributed by atoms with Crippen molar-refractivity contribution in [1.29, 1.82) is 0 Å². The number of anilines is 6. The molecule has 2 radical (unpaired) electrons. The van der Waals surface area contributed by atoms with E-state index in [2.05, 4.69) is 157 Å². The zero-order chi connectivity index (χ0) is 29.1. The molecule has 0 N–H and O–H groups in total. The van der Waals surface area contributed by atoms with Crippen LogP contribution in [0.3, 0.4) is 0 Å². The molecule has 0 fully saturated rings. The van der Waals surface area contributed by atoms with Crippen molar-refractivity contribution >= 4 is 47.4 Å². The molecule has 3 heteroatoms. The number of rotatable bonds is 7. The minimum atomic E-state index is 0.800. The minimum absolute atomic E-state index is 0.800. The Morgan fingerprint density at radius 3 is 1.17 bits per heavy atom. The summed E-state index contributed by atoms with van der Waals surface area (Å²) in [6, 6.07) is 51.4. The molecule has 0 aliphatic heterocycles. The highest BCUT2D eigenvalue weighted by atomic mass is 15.1. The Balaban J connectivity index is 1.33. The zero-order valence-electron chi connectivity index (χ0n) is 24.3. The molecule has 6 rings (SSSR count). The van der Waals surface area contributed by atoms with Crippen LogP contribution in [0.2, 0.25) is 0 Å². The first-order chi connectivity index (χ1) is 20.5. The first-order valence-electron chi connectivity index (χ1n) is 14.3. The summed E-state index contributed by atoms with van der Waals surface area (Å²) in [5, 5.41) is 0. The van der Waals surface area contributed by atoms with Gasteiger partial charge >= 0.3 is 0 Å². The lowest BCUT2D eigenvalue weighted by Gasteiger charge is -2.27. The Hall–Kier alpha value is -5.02. The van der Waals surface area contributed by atoms with E-state index >= 15 is 0 Å². The lowest BCUT2D eigenvalue weighted by Crippen LogP contribution is -2.13. The highest BCUT2D eigenvalue weighted by Gasteiger charge is 2.15. The predicted octanol–water partition coefficient (Wildman–Crippen LogP) is 10.0. The van der Waals surface area contributed by atoms with Crippen molar-refractivity contribution in [2.75, 3.05) is 9.80 Å². The van der Waals surface area contributed by atoms with Gasteiger partial charge in [0.15, 0.2) is 0 Å². The quantitative estimate of drug-likeness (QED) is 0.186. The largest absolute Gasteiger partial charge is 0.310 e. The van der Waals surface area contributed by atoms with Gasteiger partial charge in [-0.1, -0.05) is 83.8 Å². The summed E-state index contributed by atoms with van der Waals surface area (Å²) in [6.07, 6.45) is 0. The topological polar surface area (TPSA) is 6.48 Å². The summed E-state index contributed by atoms with van der Waals surface area (Å²) in [5.41, 5.74) is 13.5. The molecule has 0 heterocycles. The molecule has 42 heavy (non-hydrogen) atoms. The second-order valence-electron chi connectivity index (χ2n) is 10.7. The minimum Gasteiger partial charge on any atom is -0.310 e. The van der Waals surface area contributed by atoms with Gasteiger partial charge in [-0.25, -0.2) is 0 Å². The molecule has 0 aromatic heterocycles. The van der Waals surface area contributed by atoms with Crippen LogP contribution in [0.1, 0.15) is 16.7 Å². The van der Waals surface area contributed by atoms with E-state index in [0.29, 0.717) is 0 Å². The number of nitrogens with zero attached hydrogens (tertiary/aromatic N) is 2. The first kappa shape index (κ1) is 27.2. The van der Waals surface area contributed by atoms with Crippen molar-refractivity contribution in [2.24, 2.45) is 0 Å². The van der Waals surface area contributed by atoms with Crippen LogP contribution < -0.4 is 15.3 Å². The third-order valence-corrected chi connectivity index (χ3v) is 7.87. The van der Waals surface area contributed by atoms with Crippen molar-refractivity contribution in [1.82, 2.24) is 0 Å². The van der Waals surface area contributed by atoms with Crippen molar-refractivity contribution in [3.63, 3.8) is 0 Å². The predicted molar refractivity (Wildman–Crippen MR) is 181 cm³/mol. The molecule has 0 saturated heterocycles. The second-order valence-corrected chi connectivity index (χ2v) is 10.7. The van der Waals surface area contributed by atoms with E-state index in [1.54, 1.807) is 0 Å². The van der Waals surface area contributed by atoms with Crippen LogP contribution in [-0.2, 0) is 0 Å². The normalized spacial score (nSPS) is 10.8. The summed E-state index contributed by atoms with van der Waals surface area (Å²) in [5.74, 6) is 0. The molecular weight excluding hydrogens is 507 g/mol. The van der Waals surface area contributed by atoms with Gasteiger partial charge in [0.25, 0.3) is 0 Å². The molecule has 6 aromatic rings. The van der Waals surface area contributed by atoms with Crippen LogP contribution in [0.15, 0.2) is 146 Å². The fourth-order valence-electron chi connectivity index (χ4n) is 5.32. The molecule has 0 unspecified atom stereocenters. The van der Waals surface area contributed by atoms with Gasteiger partial charge in [-0.15, -0.1) is 0 Å². The van der Waals surface area contributed by atoms with Crippen LogP contribution in [0, 0.1) is 20.8 Å². The third-order valence-electron chi connectivity index (χ3n) is 7.87. The molecule has 0 saturated carbocycles. The van der Waals surface area contributed by atoms with Gasteiger partial charge in [0.1, 0.15) is 7.85 Å². The zero-order valence-corrected chi connectivity index (χ0v) is 24.3. The second kappa shape index (κ2) is 11.8. The van der Waals surface area contributed by atoms with Crippen LogP contribution >= 0.6 is 0 Å². The standard InChI is InChI=1S/C39H33BN2/c1-28-14-19-37(26-29(28)2)41(33-10-6-4-7-11-33)35-20-15-31(16-21-35)32-17-22-36(23-18-32)42(34-12-8-5-9-13-34)38-24-25-39(40)30(3)27-38/h4-27H,1-3H3. The van der Waals surface area contributed by atoms with Crippen LogP contribution in [-0.4, -0.2) is 7.85 Å². The molecule has 202 valence electrons. The van der Waals surface area contributed by atoms with Crippen molar-refractivity contribution in [2.45, 2.75) is 20.8 Å². The van der Waals surface area contributed by atoms with E-state index in [-0.39, 0.29) is 0 Å². The van der Waals surface area contributed by atoms with E-state index in [0.717, 1.165) is 45.2 Å². The van der Waals surface area contributed by atoms with E-state index in [1.807, 2.05) is 19.1 Å². The Morgan fingerprint density at radius 2 is 0.738 bits per heavy atom. The Kier molecular flexibility index (Phi) is 7.66. The van der Waals surface area contributed by atoms with E-state index in [1.165, 1.54) is 22.3 Å². The summed E-state index contributed by atoms with van der Waals surface area (Å²) in [4.78, 5) is 4.58. The number of benzene rings is 6. The maximum Gasteiger partial charge on any atom is 0.114 e. The SMILES string of the molecule is [B]c1ccc(N(c2ccccc2)c2ccc(-c3ccc(N(c4ccccc4)c4ccc(C)c(C)c4)cc3)cc2)cc1C. The highest BCUT2D eigenvalue weighted by molar-refractivity contribution is 6.33. The van der Waals surface area contributed by atoms with Gasteiger partial charge in [0.05, 0.1) is 0 Å². The maximum atomic E-state index is 6.14. The van der Waals surface area contributed by atoms with Gasteiger partial charge in [-0.05, 0) is 116 Å². The highest BCUT2D eigenvalue weighted by Crippen LogP contribution is 2.38. The molecule has 2 nitrogen and oxygen atoms in total. The van der Waals surface area contributed by atoms with E-state index in [4.69, 9.17) is 7.85 Å². The van der Waals surface area contributed by atoms with Crippen molar-refractivity contribution < 1.29 is 0 Å². The summed E-state index contributed by atoms with van der Waals surface area (Å²) in [7, 11) is 6.14. The number of hydrogen-bond acceptors (Lipinski definition) is 2. The van der Waals surface area contributed by atoms with Gasteiger partial charge < -0.3 is 9.80 Å². The van der Waals surface area contributed by atoms with E-state index < -0.39 is 0 Å². The number of aryl methyl sites for hydroxylation is 3. The summed E-state index contributed by atoms with van der Waals surface area (Å²) in [6.45, 7) is 6.37. The van der Waals surface area contributed by atoms with Gasteiger partial charge in [0, 0.05) is 34.1 Å². The summed E-state index contributed by atoms with van der Waals surface area (Å²) < 4.78 is 0. The van der Waals surface area contributed by atoms with Crippen LogP contribution in [0.5, 0.6) is 0 Å². The fourth-order valence-corrected chi connectivity index (χ4v) is 5.32. The number of para-hydroxylation sites is 2. The lowest BCUT2D eigenvalue weighted by molar-refractivity contribution is 1.25. The molecule has 0 atom stereocenters. The Bertz CT molecular complexity index is 1660. The van der Waals surface area contributed by atoms with Crippen LogP contribution in [0.25, 0.3) is 11.1 Å². The molecule has 0 amide bonds. The molecule has 0 aliphatic carbocycles. The molecule has 0 spiro atoms. The first-order valence-corrected chi connectivity index (χ1v) is 14.3. The third kappa shape index (κ3) is 5.59.